The standard InChI is InChI=1S/C19H18N6O6/c1-30-16-6-3-11(8-17(16)31-2)7-14-18(27)21-19(24-22-14)23-20-10-12-9-13(25(28)29)4-5-15(12)26/h3-6,8-10,26H,7H2,1-2H3,(H2,21,23,24,27)/b20-10+. The number of nitrogens with zero attached hydrogens (tertiary/aromatic N) is 4. The Hall–Kier alpha value is -4.48. The third kappa shape index (κ3) is 5.12. The maximum absolute atomic E-state index is 12.3. The van der Waals surface area contributed by atoms with Crippen LogP contribution in [0.1, 0.15) is 16.8 Å². The highest BCUT2D eigenvalue weighted by atomic mass is 16.6. The fourth-order valence-electron chi connectivity index (χ4n) is 2.63. The van der Waals surface area contributed by atoms with Crippen molar-refractivity contribution in [3.63, 3.8) is 0 Å². The molecule has 3 N–H and O–H groups in total. The molecule has 2 aromatic carbocycles. The first-order chi connectivity index (χ1) is 14.9. The topological polar surface area (TPSA) is 165 Å². The van der Waals surface area contributed by atoms with Crippen LogP contribution in [-0.4, -0.2) is 45.6 Å². The molecule has 0 fully saturated rings. The van der Waals surface area contributed by atoms with E-state index >= 15 is 0 Å². The lowest BCUT2D eigenvalue weighted by Crippen LogP contribution is -2.18. The summed E-state index contributed by atoms with van der Waals surface area (Å²) in [7, 11) is 3.05. The van der Waals surface area contributed by atoms with E-state index in [9.17, 15) is 20.0 Å². The summed E-state index contributed by atoms with van der Waals surface area (Å²) in [6, 6.07) is 8.75. The number of non-ortho nitro benzene ring substituents is 1. The second-order valence-electron chi connectivity index (χ2n) is 6.19. The van der Waals surface area contributed by atoms with Crippen LogP contribution in [0.5, 0.6) is 17.2 Å². The van der Waals surface area contributed by atoms with Gasteiger partial charge in [0.1, 0.15) is 11.4 Å². The predicted octanol–water partition coefficient (Wildman–Crippen LogP) is 1.83. The SMILES string of the molecule is COc1ccc(Cc2nnc(N/N=C/c3cc([N+](=O)[O-])ccc3O)[nH]c2=O)cc1OC. The molecule has 160 valence electrons. The number of rotatable bonds is 8. The van der Waals surface area contributed by atoms with Crippen LogP contribution in [0.25, 0.3) is 0 Å². The average molecular weight is 426 g/mol. The molecule has 12 heteroatoms. The van der Waals surface area contributed by atoms with Gasteiger partial charge in [0.15, 0.2) is 11.5 Å². The van der Waals surface area contributed by atoms with Gasteiger partial charge in [0.25, 0.3) is 11.2 Å². The summed E-state index contributed by atoms with van der Waals surface area (Å²) in [4.78, 5) is 25.0. The van der Waals surface area contributed by atoms with Gasteiger partial charge in [0.2, 0.25) is 5.95 Å². The van der Waals surface area contributed by atoms with Gasteiger partial charge >= 0.3 is 0 Å². The molecule has 0 aliphatic rings. The first-order valence-corrected chi connectivity index (χ1v) is 8.84. The number of nitro groups is 1. The number of hydrogen-bond donors (Lipinski definition) is 3. The van der Waals surface area contributed by atoms with Gasteiger partial charge in [0.05, 0.1) is 25.4 Å². The molecule has 12 nitrogen and oxygen atoms in total. The molecular weight excluding hydrogens is 408 g/mol. The number of anilines is 1. The highest BCUT2D eigenvalue weighted by Gasteiger charge is 2.10. The number of hydrazone groups is 1. The largest absolute Gasteiger partial charge is 0.507 e. The van der Waals surface area contributed by atoms with Crippen LogP contribution in [0.3, 0.4) is 0 Å². The van der Waals surface area contributed by atoms with Crippen LogP contribution >= 0.6 is 0 Å². The van der Waals surface area contributed by atoms with Gasteiger partial charge in [-0.25, -0.2) is 5.43 Å². The number of nitro benzene ring substituents is 1. The number of aromatic nitrogens is 3. The third-order valence-electron chi connectivity index (χ3n) is 4.18. The molecule has 0 aliphatic heterocycles. The van der Waals surface area contributed by atoms with Crippen molar-refractivity contribution in [1.82, 2.24) is 15.2 Å². The van der Waals surface area contributed by atoms with Crippen LogP contribution in [0.4, 0.5) is 11.6 Å². The molecule has 0 spiro atoms. The molecule has 31 heavy (non-hydrogen) atoms. The van der Waals surface area contributed by atoms with Crippen LogP contribution in [0.15, 0.2) is 46.3 Å². The van der Waals surface area contributed by atoms with E-state index in [4.69, 9.17) is 9.47 Å². The van der Waals surface area contributed by atoms with Crippen molar-refractivity contribution in [3.05, 3.63) is 73.7 Å². The summed E-state index contributed by atoms with van der Waals surface area (Å²) in [6.45, 7) is 0. The molecule has 0 atom stereocenters. The Morgan fingerprint density at radius 3 is 2.65 bits per heavy atom. The smallest absolute Gasteiger partial charge is 0.274 e. The van der Waals surface area contributed by atoms with E-state index in [1.165, 1.54) is 26.4 Å². The number of aromatic amines is 1. The van der Waals surface area contributed by atoms with E-state index in [2.05, 4.69) is 25.7 Å². The number of phenolic OH excluding ortho intramolecular Hbond substituents is 1. The Bertz CT molecular complexity index is 1190. The molecule has 0 radical (unpaired) electrons. The minimum atomic E-state index is -0.593. The number of phenols is 1. The van der Waals surface area contributed by atoms with E-state index in [0.29, 0.717) is 11.5 Å². The molecule has 3 aromatic rings. The minimum Gasteiger partial charge on any atom is -0.507 e. The van der Waals surface area contributed by atoms with Gasteiger partial charge in [-0.1, -0.05) is 6.07 Å². The number of hydrogen-bond acceptors (Lipinski definition) is 10. The highest BCUT2D eigenvalue weighted by molar-refractivity contribution is 5.84. The van der Waals surface area contributed by atoms with E-state index in [1.807, 2.05) is 0 Å². The zero-order valence-electron chi connectivity index (χ0n) is 16.5. The van der Waals surface area contributed by atoms with Gasteiger partial charge in [0, 0.05) is 24.1 Å². The number of aromatic hydroxyl groups is 1. The van der Waals surface area contributed by atoms with Crippen molar-refractivity contribution >= 4 is 17.9 Å². The van der Waals surface area contributed by atoms with Crippen molar-refractivity contribution in [1.29, 1.82) is 0 Å². The number of nitrogens with one attached hydrogen (secondary N) is 2. The van der Waals surface area contributed by atoms with Gasteiger partial charge in [-0.05, 0) is 23.8 Å². The lowest BCUT2D eigenvalue weighted by Gasteiger charge is -2.09. The molecule has 0 unspecified atom stereocenters. The number of methoxy groups -OCH3 is 2. The minimum absolute atomic E-state index is 0.0396. The molecule has 0 saturated heterocycles. The summed E-state index contributed by atoms with van der Waals surface area (Å²) in [5.74, 6) is 0.864. The number of H-pyrrole nitrogens is 1. The Kier molecular flexibility index (Phi) is 6.40. The van der Waals surface area contributed by atoms with Gasteiger partial charge in [-0.15, -0.1) is 10.2 Å². The summed E-state index contributed by atoms with van der Waals surface area (Å²) < 4.78 is 10.4. The number of benzene rings is 2. The summed E-state index contributed by atoms with van der Waals surface area (Å²) >= 11 is 0. The third-order valence-corrected chi connectivity index (χ3v) is 4.18. The zero-order chi connectivity index (χ0) is 22.4. The molecule has 1 aromatic heterocycles. The zero-order valence-corrected chi connectivity index (χ0v) is 16.5. The monoisotopic (exact) mass is 426 g/mol. The molecule has 1 heterocycles. The van der Waals surface area contributed by atoms with Gasteiger partial charge in [-0.2, -0.15) is 5.10 Å². The quantitative estimate of drug-likeness (QED) is 0.277. The van der Waals surface area contributed by atoms with Crippen molar-refractivity contribution in [2.75, 3.05) is 19.6 Å². The summed E-state index contributed by atoms with van der Waals surface area (Å²) in [5.41, 5.74) is 2.85. The van der Waals surface area contributed by atoms with Crippen molar-refractivity contribution < 1.29 is 19.5 Å². The fourth-order valence-corrected chi connectivity index (χ4v) is 2.63. The Morgan fingerprint density at radius 2 is 1.97 bits per heavy atom. The Morgan fingerprint density at radius 1 is 1.19 bits per heavy atom. The molecule has 3 rings (SSSR count). The normalized spacial score (nSPS) is 10.8. The maximum atomic E-state index is 12.3. The number of ether oxygens (including phenoxy) is 2. The van der Waals surface area contributed by atoms with Gasteiger partial charge in [-0.3, -0.25) is 19.9 Å². The van der Waals surface area contributed by atoms with E-state index in [1.54, 1.807) is 18.2 Å². The lowest BCUT2D eigenvalue weighted by atomic mass is 10.1. The van der Waals surface area contributed by atoms with Crippen molar-refractivity contribution in [3.8, 4) is 17.2 Å². The summed E-state index contributed by atoms with van der Waals surface area (Å²) in [5, 5.41) is 32.2. The highest BCUT2D eigenvalue weighted by Crippen LogP contribution is 2.28. The van der Waals surface area contributed by atoms with Crippen LogP contribution in [-0.2, 0) is 6.42 Å². The first kappa shape index (κ1) is 21.2. The molecular formula is C19H18N6O6. The second kappa shape index (κ2) is 9.35. The van der Waals surface area contributed by atoms with E-state index < -0.39 is 10.5 Å². The Balaban J connectivity index is 1.72. The predicted molar refractivity (Wildman–Crippen MR) is 111 cm³/mol. The fraction of sp³-hybridized carbons (Fsp3) is 0.158. The van der Waals surface area contributed by atoms with Crippen LogP contribution < -0.4 is 20.5 Å². The molecule has 0 bridgehead atoms. The lowest BCUT2D eigenvalue weighted by molar-refractivity contribution is -0.384. The van der Waals surface area contributed by atoms with Crippen LogP contribution in [0.2, 0.25) is 0 Å². The molecule has 0 saturated carbocycles. The average Bonchev–Trinajstić information content (AvgIpc) is 2.76. The molecule has 0 aliphatic carbocycles. The van der Waals surface area contributed by atoms with E-state index in [0.717, 1.165) is 17.8 Å². The van der Waals surface area contributed by atoms with E-state index in [-0.39, 0.29) is 35.1 Å². The van der Waals surface area contributed by atoms with Crippen LogP contribution in [0, 0.1) is 10.1 Å². The summed E-state index contributed by atoms with van der Waals surface area (Å²) in [6.07, 6.45) is 1.37. The Labute approximate surface area is 175 Å². The molecule has 0 amide bonds. The maximum Gasteiger partial charge on any atom is 0.274 e. The van der Waals surface area contributed by atoms with Crippen molar-refractivity contribution in [2.24, 2.45) is 5.10 Å². The first-order valence-electron chi connectivity index (χ1n) is 8.84. The second-order valence-corrected chi connectivity index (χ2v) is 6.19. The van der Waals surface area contributed by atoms with Crippen molar-refractivity contribution in [2.45, 2.75) is 6.42 Å². The van der Waals surface area contributed by atoms with Gasteiger partial charge < -0.3 is 14.6 Å².